The van der Waals surface area contributed by atoms with Crippen molar-refractivity contribution in [2.24, 2.45) is 4.99 Å². The number of aliphatic imine (C=N–C) groups is 1. The molecular weight excluding hydrogens is 259 g/mol. The molecule has 0 bridgehead atoms. The lowest BCUT2D eigenvalue weighted by atomic mass is 10.2. The molecular formula is C12H14ClFN2S. The summed E-state index contributed by atoms with van der Waals surface area (Å²) in [7, 11) is 0. The Kier molecular flexibility index (Phi) is 4.29. The Labute approximate surface area is 110 Å². The molecule has 1 heterocycles. The molecule has 1 aromatic carbocycles. The number of hydrogen-bond donors (Lipinski definition) is 1. The van der Waals surface area contributed by atoms with Crippen LogP contribution in [0.4, 0.5) is 10.1 Å². The third-order valence-corrected chi connectivity index (χ3v) is 3.99. The second-order valence-electron chi connectivity index (χ2n) is 3.92. The summed E-state index contributed by atoms with van der Waals surface area (Å²) >= 11 is 7.67. The highest BCUT2D eigenvalue weighted by molar-refractivity contribution is 8.15. The second kappa shape index (κ2) is 5.74. The molecule has 5 heteroatoms. The molecule has 1 N–H and O–H groups in total. The van der Waals surface area contributed by atoms with Crippen molar-refractivity contribution in [2.75, 3.05) is 11.9 Å². The molecule has 0 aromatic heterocycles. The number of thioether (sulfide) groups is 1. The largest absolute Gasteiger partial charge is 0.334 e. The van der Waals surface area contributed by atoms with Crippen LogP contribution >= 0.6 is 23.4 Å². The zero-order valence-electron chi connectivity index (χ0n) is 9.54. The van der Waals surface area contributed by atoms with Crippen LogP contribution in [0.25, 0.3) is 0 Å². The van der Waals surface area contributed by atoms with Crippen molar-refractivity contribution in [3.8, 4) is 0 Å². The predicted octanol–water partition coefficient (Wildman–Crippen LogP) is 4.16. The molecule has 0 radical (unpaired) electrons. The maximum atomic E-state index is 12.9. The van der Waals surface area contributed by atoms with Gasteiger partial charge in [0.25, 0.3) is 0 Å². The Hall–Kier alpha value is -0.740. The van der Waals surface area contributed by atoms with Crippen LogP contribution in [-0.4, -0.2) is 17.0 Å². The first-order valence-corrected chi connectivity index (χ1v) is 6.88. The summed E-state index contributed by atoms with van der Waals surface area (Å²) in [5, 5.41) is 4.95. The van der Waals surface area contributed by atoms with Crippen molar-refractivity contribution in [1.29, 1.82) is 0 Å². The van der Waals surface area contributed by atoms with Gasteiger partial charge in [-0.25, -0.2) is 4.39 Å². The van der Waals surface area contributed by atoms with E-state index in [-0.39, 0.29) is 5.82 Å². The van der Waals surface area contributed by atoms with E-state index in [4.69, 9.17) is 11.6 Å². The summed E-state index contributed by atoms with van der Waals surface area (Å²) in [6.07, 6.45) is 2.33. The predicted molar refractivity (Wildman–Crippen MR) is 73.6 cm³/mol. The molecule has 0 spiro atoms. The van der Waals surface area contributed by atoms with E-state index in [1.165, 1.54) is 12.1 Å². The number of amidine groups is 1. The molecule has 1 atom stereocenters. The molecule has 1 aromatic rings. The second-order valence-corrected chi connectivity index (χ2v) is 5.62. The highest BCUT2D eigenvalue weighted by Crippen LogP contribution is 2.28. The van der Waals surface area contributed by atoms with E-state index in [1.807, 2.05) is 0 Å². The standard InChI is InChI=1S/C12H14ClFN2S/c1-2-3-9-7-15-12(17-9)16-11-5-4-8(14)6-10(11)13/h4-6,9H,2-3,7H2,1H3,(H,15,16). The van der Waals surface area contributed by atoms with E-state index in [1.54, 1.807) is 17.8 Å². The van der Waals surface area contributed by atoms with E-state index in [2.05, 4.69) is 17.2 Å². The van der Waals surface area contributed by atoms with Crippen molar-refractivity contribution in [3.63, 3.8) is 0 Å². The molecule has 0 amide bonds. The van der Waals surface area contributed by atoms with E-state index >= 15 is 0 Å². The van der Waals surface area contributed by atoms with Gasteiger partial charge in [0.2, 0.25) is 0 Å². The Bertz CT molecular complexity index is 437. The summed E-state index contributed by atoms with van der Waals surface area (Å²) in [4.78, 5) is 4.41. The molecule has 1 aliphatic rings. The Morgan fingerprint density at radius 3 is 3.12 bits per heavy atom. The van der Waals surface area contributed by atoms with Crippen molar-refractivity contribution >= 4 is 34.2 Å². The molecule has 0 saturated heterocycles. The number of nitrogens with zero attached hydrogens (tertiary/aromatic N) is 1. The highest BCUT2D eigenvalue weighted by atomic mass is 35.5. The van der Waals surface area contributed by atoms with Gasteiger partial charge < -0.3 is 5.32 Å². The zero-order valence-corrected chi connectivity index (χ0v) is 11.1. The van der Waals surface area contributed by atoms with Crippen LogP contribution in [0.5, 0.6) is 0 Å². The molecule has 2 nitrogen and oxygen atoms in total. The average Bonchev–Trinajstić information content (AvgIpc) is 2.71. The molecule has 0 saturated carbocycles. The number of halogens is 2. The number of anilines is 1. The lowest BCUT2D eigenvalue weighted by Crippen LogP contribution is -2.07. The van der Waals surface area contributed by atoms with Crippen LogP contribution in [-0.2, 0) is 0 Å². The van der Waals surface area contributed by atoms with E-state index < -0.39 is 0 Å². The third-order valence-electron chi connectivity index (χ3n) is 2.50. The van der Waals surface area contributed by atoms with Crippen LogP contribution in [0.15, 0.2) is 23.2 Å². The molecule has 2 rings (SSSR count). The number of rotatable bonds is 3. The van der Waals surface area contributed by atoms with Crippen molar-refractivity contribution < 1.29 is 4.39 Å². The summed E-state index contributed by atoms with van der Waals surface area (Å²) in [6.45, 7) is 3.02. The van der Waals surface area contributed by atoms with Crippen LogP contribution in [0.3, 0.4) is 0 Å². The minimum atomic E-state index is -0.328. The van der Waals surface area contributed by atoms with Gasteiger partial charge in [0.05, 0.1) is 17.3 Å². The molecule has 1 aliphatic heterocycles. The number of nitrogens with one attached hydrogen (secondary N) is 1. The SMILES string of the molecule is CCCC1CN=C(Nc2ccc(F)cc2Cl)S1. The van der Waals surface area contributed by atoms with Gasteiger partial charge in [-0.3, -0.25) is 4.99 Å². The highest BCUT2D eigenvalue weighted by Gasteiger charge is 2.19. The normalized spacial score (nSPS) is 19.2. The topological polar surface area (TPSA) is 24.4 Å². The van der Waals surface area contributed by atoms with Crippen LogP contribution < -0.4 is 5.32 Å². The summed E-state index contributed by atoms with van der Waals surface area (Å²) in [5.41, 5.74) is 0.705. The van der Waals surface area contributed by atoms with Gasteiger partial charge in [-0.15, -0.1) is 0 Å². The van der Waals surface area contributed by atoms with Crippen molar-refractivity contribution in [1.82, 2.24) is 0 Å². The van der Waals surface area contributed by atoms with Gasteiger partial charge in [0.15, 0.2) is 5.17 Å². The molecule has 0 fully saturated rings. The maximum Gasteiger partial charge on any atom is 0.161 e. The van der Waals surface area contributed by atoms with Gasteiger partial charge in [-0.05, 0) is 24.6 Å². The fourth-order valence-electron chi connectivity index (χ4n) is 1.66. The van der Waals surface area contributed by atoms with Gasteiger partial charge in [0.1, 0.15) is 5.82 Å². The minimum Gasteiger partial charge on any atom is -0.334 e. The molecule has 17 heavy (non-hydrogen) atoms. The van der Waals surface area contributed by atoms with Crippen molar-refractivity contribution in [3.05, 3.63) is 29.0 Å². The van der Waals surface area contributed by atoms with Gasteiger partial charge >= 0.3 is 0 Å². The molecule has 0 aliphatic carbocycles. The first-order chi connectivity index (χ1) is 8.19. The van der Waals surface area contributed by atoms with Gasteiger partial charge in [-0.1, -0.05) is 36.7 Å². The van der Waals surface area contributed by atoms with Gasteiger partial charge in [-0.2, -0.15) is 0 Å². The zero-order chi connectivity index (χ0) is 12.3. The minimum absolute atomic E-state index is 0.328. The van der Waals surface area contributed by atoms with E-state index in [0.29, 0.717) is 16.0 Å². The molecule has 1 unspecified atom stereocenters. The Morgan fingerprint density at radius 2 is 2.41 bits per heavy atom. The third kappa shape index (κ3) is 3.36. The van der Waals surface area contributed by atoms with Crippen LogP contribution in [0.2, 0.25) is 5.02 Å². The van der Waals surface area contributed by atoms with E-state index in [0.717, 1.165) is 24.6 Å². The molecule has 92 valence electrons. The first-order valence-electron chi connectivity index (χ1n) is 5.62. The Balaban J connectivity index is 1.98. The summed E-state index contributed by atoms with van der Waals surface area (Å²) in [5.74, 6) is -0.328. The van der Waals surface area contributed by atoms with E-state index in [9.17, 15) is 4.39 Å². The monoisotopic (exact) mass is 272 g/mol. The maximum absolute atomic E-state index is 12.9. The van der Waals surface area contributed by atoms with Crippen LogP contribution in [0.1, 0.15) is 19.8 Å². The lowest BCUT2D eigenvalue weighted by molar-refractivity contribution is 0.628. The first kappa shape index (κ1) is 12.7. The number of hydrogen-bond acceptors (Lipinski definition) is 3. The number of benzene rings is 1. The fourth-order valence-corrected chi connectivity index (χ4v) is 3.02. The quantitative estimate of drug-likeness (QED) is 0.893. The van der Waals surface area contributed by atoms with Crippen molar-refractivity contribution in [2.45, 2.75) is 25.0 Å². The van der Waals surface area contributed by atoms with Crippen LogP contribution in [0, 0.1) is 5.82 Å². The summed E-state index contributed by atoms with van der Waals surface area (Å²) < 4.78 is 12.9. The fraction of sp³-hybridized carbons (Fsp3) is 0.417. The summed E-state index contributed by atoms with van der Waals surface area (Å²) in [6, 6.07) is 4.32. The Morgan fingerprint density at radius 1 is 1.59 bits per heavy atom. The lowest BCUT2D eigenvalue weighted by Gasteiger charge is -2.09. The smallest absolute Gasteiger partial charge is 0.161 e. The van der Waals surface area contributed by atoms with Gasteiger partial charge in [0, 0.05) is 5.25 Å². The average molecular weight is 273 g/mol.